The minimum absolute atomic E-state index is 0.0700. The van der Waals surface area contributed by atoms with E-state index in [1.54, 1.807) is 0 Å². The van der Waals surface area contributed by atoms with Crippen molar-refractivity contribution in [1.82, 2.24) is 0 Å². The molecule has 2 rings (SSSR count). The van der Waals surface area contributed by atoms with E-state index in [0.717, 1.165) is 49.9 Å². The number of nitrogens with zero attached hydrogens (tertiary/aromatic N) is 1. The van der Waals surface area contributed by atoms with Gasteiger partial charge in [0.2, 0.25) is 5.91 Å². The summed E-state index contributed by atoms with van der Waals surface area (Å²) in [4.78, 5) is 14.8. The highest BCUT2D eigenvalue weighted by Gasteiger charge is 2.29. The fourth-order valence-corrected chi connectivity index (χ4v) is 3.95. The number of carbonyl (C=O) groups excluding carboxylic acids is 1. The molecular formula is C24H33ClN2O. The average molecular weight is 401 g/mol. The Labute approximate surface area is 174 Å². The number of primary amides is 1. The summed E-state index contributed by atoms with van der Waals surface area (Å²) < 4.78 is 0. The van der Waals surface area contributed by atoms with Crippen molar-refractivity contribution in [3.8, 4) is 0 Å². The van der Waals surface area contributed by atoms with Gasteiger partial charge in [0.25, 0.3) is 0 Å². The SMILES string of the molecule is CCCCN(CCCC)c1ccc(Cl)cc1C(C)C(C(N)=O)c1ccccc1. The van der Waals surface area contributed by atoms with E-state index >= 15 is 0 Å². The second-order valence-corrected chi connectivity index (χ2v) is 7.91. The van der Waals surface area contributed by atoms with Crippen LogP contribution < -0.4 is 10.6 Å². The monoisotopic (exact) mass is 400 g/mol. The van der Waals surface area contributed by atoms with Crippen LogP contribution in [0, 0.1) is 0 Å². The number of unbranched alkanes of at least 4 members (excludes halogenated alkanes) is 2. The van der Waals surface area contributed by atoms with Crippen molar-refractivity contribution >= 4 is 23.2 Å². The summed E-state index contributed by atoms with van der Waals surface area (Å²) in [6.07, 6.45) is 4.57. The number of carbonyl (C=O) groups is 1. The first-order valence-electron chi connectivity index (χ1n) is 10.4. The number of anilines is 1. The van der Waals surface area contributed by atoms with Crippen LogP contribution in [0.4, 0.5) is 5.69 Å². The molecular weight excluding hydrogens is 368 g/mol. The van der Waals surface area contributed by atoms with E-state index in [4.69, 9.17) is 17.3 Å². The lowest BCUT2D eigenvalue weighted by Crippen LogP contribution is -2.30. The van der Waals surface area contributed by atoms with Crippen LogP contribution >= 0.6 is 11.6 Å². The van der Waals surface area contributed by atoms with Gasteiger partial charge in [-0.3, -0.25) is 4.79 Å². The zero-order valence-corrected chi connectivity index (χ0v) is 18.1. The number of amides is 1. The summed E-state index contributed by atoms with van der Waals surface area (Å²) in [6.45, 7) is 8.51. The second kappa shape index (κ2) is 11.1. The highest BCUT2D eigenvalue weighted by atomic mass is 35.5. The quantitative estimate of drug-likeness (QED) is 0.493. The van der Waals surface area contributed by atoms with Crippen LogP contribution in [0.15, 0.2) is 48.5 Å². The minimum atomic E-state index is -0.391. The molecule has 0 aliphatic heterocycles. The summed E-state index contributed by atoms with van der Waals surface area (Å²) in [7, 11) is 0. The molecule has 0 saturated carbocycles. The first-order valence-corrected chi connectivity index (χ1v) is 10.8. The number of halogens is 1. The Kier molecular flexibility index (Phi) is 8.85. The molecule has 0 aliphatic carbocycles. The van der Waals surface area contributed by atoms with E-state index in [2.05, 4.69) is 31.7 Å². The lowest BCUT2D eigenvalue weighted by Gasteiger charge is -2.31. The maximum atomic E-state index is 12.4. The molecule has 2 unspecified atom stereocenters. The zero-order valence-electron chi connectivity index (χ0n) is 17.3. The minimum Gasteiger partial charge on any atom is -0.371 e. The third-order valence-corrected chi connectivity index (χ3v) is 5.58. The van der Waals surface area contributed by atoms with Crippen LogP contribution in [-0.4, -0.2) is 19.0 Å². The summed E-state index contributed by atoms with van der Waals surface area (Å²) in [5.74, 6) is -0.768. The molecule has 152 valence electrons. The van der Waals surface area contributed by atoms with E-state index < -0.39 is 5.92 Å². The van der Waals surface area contributed by atoms with Gasteiger partial charge >= 0.3 is 0 Å². The van der Waals surface area contributed by atoms with Crippen LogP contribution in [-0.2, 0) is 4.79 Å². The molecule has 2 aromatic carbocycles. The third kappa shape index (κ3) is 5.75. The van der Waals surface area contributed by atoms with Gasteiger partial charge in [0, 0.05) is 23.8 Å². The molecule has 2 N–H and O–H groups in total. The second-order valence-electron chi connectivity index (χ2n) is 7.48. The molecule has 2 aromatic rings. The average Bonchev–Trinajstić information content (AvgIpc) is 2.69. The van der Waals surface area contributed by atoms with E-state index in [-0.39, 0.29) is 11.8 Å². The molecule has 2 atom stereocenters. The normalized spacial score (nSPS) is 13.1. The topological polar surface area (TPSA) is 46.3 Å². The Morgan fingerprint density at radius 2 is 1.64 bits per heavy atom. The van der Waals surface area contributed by atoms with E-state index in [1.165, 1.54) is 5.69 Å². The van der Waals surface area contributed by atoms with Gasteiger partial charge < -0.3 is 10.6 Å². The highest BCUT2D eigenvalue weighted by Crippen LogP contribution is 2.39. The first kappa shape index (κ1) is 22.3. The molecule has 3 nitrogen and oxygen atoms in total. The zero-order chi connectivity index (χ0) is 20.5. The van der Waals surface area contributed by atoms with Crippen LogP contribution in [0.3, 0.4) is 0 Å². The Morgan fingerprint density at radius 1 is 1.04 bits per heavy atom. The highest BCUT2D eigenvalue weighted by molar-refractivity contribution is 6.30. The van der Waals surface area contributed by atoms with E-state index in [0.29, 0.717) is 5.02 Å². The van der Waals surface area contributed by atoms with Gasteiger partial charge in [-0.1, -0.05) is 75.5 Å². The molecule has 0 fully saturated rings. The lowest BCUT2D eigenvalue weighted by atomic mass is 9.81. The van der Waals surface area contributed by atoms with Gasteiger partial charge in [-0.15, -0.1) is 0 Å². The molecule has 28 heavy (non-hydrogen) atoms. The van der Waals surface area contributed by atoms with Gasteiger partial charge in [0.1, 0.15) is 0 Å². The van der Waals surface area contributed by atoms with Crippen molar-refractivity contribution in [2.75, 3.05) is 18.0 Å². The van der Waals surface area contributed by atoms with Crippen LogP contribution in [0.5, 0.6) is 0 Å². The number of rotatable bonds is 11. The number of hydrogen-bond donors (Lipinski definition) is 1. The predicted molar refractivity (Wildman–Crippen MR) is 120 cm³/mol. The van der Waals surface area contributed by atoms with Crippen LogP contribution in [0.25, 0.3) is 0 Å². The van der Waals surface area contributed by atoms with Crippen molar-refractivity contribution < 1.29 is 4.79 Å². The maximum Gasteiger partial charge on any atom is 0.225 e. The largest absolute Gasteiger partial charge is 0.371 e. The standard InChI is InChI=1S/C24H33ClN2O/c1-4-6-15-27(16-7-5-2)22-14-13-20(25)17-21(22)18(3)23(24(26)28)19-11-9-8-10-12-19/h8-14,17-18,23H,4-7,15-16H2,1-3H3,(H2,26,28). The van der Waals surface area contributed by atoms with Crippen molar-refractivity contribution in [1.29, 1.82) is 0 Å². The molecule has 0 heterocycles. The van der Waals surface area contributed by atoms with Gasteiger partial charge in [-0.25, -0.2) is 0 Å². The Morgan fingerprint density at radius 3 is 2.18 bits per heavy atom. The Bertz CT molecular complexity index is 740. The van der Waals surface area contributed by atoms with E-state index in [1.807, 2.05) is 42.5 Å². The van der Waals surface area contributed by atoms with Crippen molar-refractivity contribution in [2.24, 2.45) is 5.73 Å². The molecule has 0 spiro atoms. The van der Waals surface area contributed by atoms with Crippen LogP contribution in [0.2, 0.25) is 5.02 Å². The number of hydrogen-bond acceptors (Lipinski definition) is 2. The molecule has 0 aromatic heterocycles. The fraction of sp³-hybridized carbons (Fsp3) is 0.458. The number of benzene rings is 2. The first-order chi connectivity index (χ1) is 13.5. The lowest BCUT2D eigenvalue weighted by molar-refractivity contribution is -0.119. The van der Waals surface area contributed by atoms with Crippen molar-refractivity contribution in [2.45, 2.75) is 58.3 Å². The Balaban J connectivity index is 2.46. The van der Waals surface area contributed by atoms with Gasteiger partial charge in [0.15, 0.2) is 0 Å². The number of nitrogens with two attached hydrogens (primary N) is 1. The van der Waals surface area contributed by atoms with Gasteiger partial charge in [-0.2, -0.15) is 0 Å². The van der Waals surface area contributed by atoms with Crippen LogP contribution in [0.1, 0.15) is 69.4 Å². The summed E-state index contributed by atoms with van der Waals surface area (Å²) in [6, 6.07) is 15.9. The summed E-state index contributed by atoms with van der Waals surface area (Å²) in [5, 5.41) is 0.688. The maximum absolute atomic E-state index is 12.4. The molecule has 1 amide bonds. The molecule has 0 aliphatic rings. The molecule has 0 bridgehead atoms. The molecule has 0 radical (unpaired) electrons. The van der Waals surface area contributed by atoms with Crippen molar-refractivity contribution in [3.63, 3.8) is 0 Å². The van der Waals surface area contributed by atoms with Crippen molar-refractivity contribution in [3.05, 3.63) is 64.7 Å². The van der Waals surface area contributed by atoms with E-state index in [9.17, 15) is 4.79 Å². The smallest absolute Gasteiger partial charge is 0.225 e. The summed E-state index contributed by atoms with van der Waals surface area (Å²) in [5.41, 5.74) is 9.05. The van der Waals surface area contributed by atoms with Gasteiger partial charge in [-0.05, 0) is 48.1 Å². The van der Waals surface area contributed by atoms with Gasteiger partial charge in [0.05, 0.1) is 5.92 Å². The predicted octanol–water partition coefficient (Wildman–Crippen LogP) is 6.12. The molecule has 0 saturated heterocycles. The third-order valence-electron chi connectivity index (χ3n) is 5.35. The molecule has 4 heteroatoms. The summed E-state index contributed by atoms with van der Waals surface area (Å²) >= 11 is 6.37. The fourth-order valence-electron chi connectivity index (χ4n) is 3.77. The Hall–Kier alpha value is -2.00.